The lowest BCUT2D eigenvalue weighted by Crippen LogP contribution is -2.51. The first-order valence-corrected chi connectivity index (χ1v) is 12.9. The van der Waals surface area contributed by atoms with Gasteiger partial charge in [-0.1, -0.05) is 49.3 Å². The van der Waals surface area contributed by atoms with Gasteiger partial charge in [0.05, 0.1) is 17.8 Å². The van der Waals surface area contributed by atoms with Crippen LogP contribution >= 0.6 is 0 Å². The van der Waals surface area contributed by atoms with E-state index >= 15 is 0 Å². The number of aliphatic hydroxyl groups is 1. The minimum absolute atomic E-state index is 0.0550. The van der Waals surface area contributed by atoms with Crippen LogP contribution < -0.4 is 5.32 Å². The first-order chi connectivity index (χ1) is 18.1. The molecule has 9 heteroatoms. The summed E-state index contributed by atoms with van der Waals surface area (Å²) in [7, 11) is 0. The van der Waals surface area contributed by atoms with E-state index in [-0.39, 0.29) is 24.3 Å². The van der Waals surface area contributed by atoms with E-state index in [0.29, 0.717) is 23.7 Å². The third-order valence-corrected chi connectivity index (χ3v) is 7.57. The second-order valence-corrected chi connectivity index (χ2v) is 10.8. The second-order valence-electron chi connectivity index (χ2n) is 10.8. The Morgan fingerprint density at radius 1 is 1.21 bits per heavy atom. The monoisotopic (exact) mass is 515 g/mol. The van der Waals surface area contributed by atoms with Gasteiger partial charge in [-0.2, -0.15) is 4.99 Å². The highest BCUT2D eigenvalue weighted by Crippen LogP contribution is 2.34. The molecule has 4 atom stereocenters. The largest absolute Gasteiger partial charge is 0.391 e. The maximum absolute atomic E-state index is 13.8. The predicted molar refractivity (Wildman–Crippen MR) is 142 cm³/mol. The Morgan fingerprint density at radius 3 is 2.58 bits per heavy atom. The summed E-state index contributed by atoms with van der Waals surface area (Å²) in [5.41, 5.74) is 3.34. The molecule has 1 fully saturated rings. The molecule has 2 N–H and O–H groups in total. The number of nitrogens with one attached hydrogen (secondary N) is 1. The number of nitrogens with zero attached hydrogens (tertiary/aromatic N) is 4. The average Bonchev–Trinajstić information content (AvgIpc) is 3.57. The van der Waals surface area contributed by atoms with Crippen LogP contribution in [-0.2, 0) is 15.1 Å². The third-order valence-electron chi connectivity index (χ3n) is 7.57. The SMILES string of the molecule is Cc1cc([C@@H](C(=O)N2CC(O)C[C@H]2C2=NC(=O)[C@](C)(c3ccc(-c4cccnc4C)cc3)N2)C(C)C)on1. The van der Waals surface area contributed by atoms with E-state index in [4.69, 9.17) is 4.52 Å². The second kappa shape index (κ2) is 9.79. The van der Waals surface area contributed by atoms with E-state index in [1.807, 2.05) is 64.1 Å². The van der Waals surface area contributed by atoms with Crippen molar-refractivity contribution in [2.45, 2.75) is 64.6 Å². The first kappa shape index (κ1) is 25.8. The normalized spacial score (nSPS) is 24.0. The van der Waals surface area contributed by atoms with Gasteiger partial charge in [0.1, 0.15) is 23.1 Å². The number of rotatable bonds is 6. The molecule has 1 aromatic carbocycles. The van der Waals surface area contributed by atoms with Crippen molar-refractivity contribution < 1.29 is 19.2 Å². The van der Waals surface area contributed by atoms with Gasteiger partial charge in [0.15, 0.2) is 0 Å². The number of aromatic nitrogens is 2. The number of amides is 2. The number of pyridine rings is 1. The van der Waals surface area contributed by atoms with E-state index in [2.05, 4.69) is 20.4 Å². The van der Waals surface area contributed by atoms with E-state index in [1.165, 1.54) is 0 Å². The lowest BCUT2D eigenvalue weighted by molar-refractivity contribution is -0.134. The molecule has 38 heavy (non-hydrogen) atoms. The number of hydrogen-bond donors (Lipinski definition) is 2. The summed E-state index contributed by atoms with van der Waals surface area (Å²) in [4.78, 5) is 37.4. The number of β-amino-alcohol motifs (C(OH)–C–C–N with tert-alkyl or cyclic N) is 1. The molecule has 5 rings (SSSR count). The summed E-state index contributed by atoms with van der Waals surface area (Å²) in [6.07, 6.45) is 1.33. The van der Waals surface area contributed by atoms with Gasteiger partial charge in [0.25, 0.3) is 5.91 Å². The number of aliphatic imine (C=N–C) groups is 1. The Bertz CT molecular complexity index is 1400. The van der Waals surface area contributed by atoms with Gasteiger partial charge < -0.3 is 19.8 Å². The molecule has 2 aromatic heterocycles. The Kier molecular flexibility index (Phi) is 6.65. The van der Waals surface area contributed by atoms with Crippen molar-refractivity contribution in [2.24, 2.45) is 10.9 Å². The fourth-order valence-electron chi connectivity index (χ4n) is 5.45. The molecule has 0 radical (unpaired) electrons. The molecule has 0 bridgehead atoms. The number of benzene rings is 1. The van der Waals surface area contributed by atoms with Crippen molar-refractivity contribution in [1.29, 1.82) is 0 Å². The van der Waals surface area contributed by atoms with Crippen LogP contribution in [0.4, 0.5) is 0 Å². The Labute approximate surface area is 222 Å². The molecular formula is C29H33N5O4. The van der Waals surface area contributed by atoms with Crippen molar-refractivity contribution in [2.75, 3.05) is 6.54 Å². The maximum Gasteiger partial charge on any atom is 0.277 e. The highest BCUT2D eigenvalue weighted by Gasteiger charge is 2.48. The molecule has 0 spiro atoms. The number of carbonyl (C=O) groups excluding carboxylic acids is 2. The van der Waals surface area contributed by atoms with Gasteiger partial charge in [-0.3, -0.25) is 14.6 Å². The molecule has 4 heterocycles. The van der Waals surface area contributed by atoms with Crippen LogP contribution in [0.2, 0.25) is 0 Å². The Morgan fingerprint density at radius 2 is 1.95 bits per heavy atom. The Balaban J connectivity index is 1.39. The van der Waals surface area contributed by atoms with E-state index in [0.717, 1.165) is 22.4 Å². The van der Waals surface area contributed by atoms with Crippen molar-refractivity contribution in [3.8, 4) is 11.1 Å². The quantitative estimate of drug-likeness (QED) is 0.515. The molecule has 2 aliphatic rings. The number of hydrogen-bond acceptors (Lipinski definition) is 7. The molecule has 2 aliphatic heterocycles. The van der Waals surface area contributed by atoms with Gasteiger partial charge in [0.2, 0.25) is 5.91 Å². The summed E-state index contributed by atoms with van der Waals surface area (Å²) in [6, 6.07) is 12.9. The van der Waals surface area contributed by atoms with Crippen LogP contribution in [0.25, 0.3) is 11.1 Å². The van der Waals surface area contributed by atoms with Gasteiger partial charge in [-0.15, -0.1) is 0 Å². The fourth-order valence-corrected chi connectivity index (χ4v) is 5.45. The van der Waals surface area contributed by atoms with Crippen molar-refractivity contribution in [1.82, 2.24) is 20.4 Å². The molecule has 2 amide bonds. The third kappa shape index (κ3) is 4.51. The molecule has 0 saturated carbocycles. The lowest BCUT2D eigenvalue weighted by Gasteiger charge is -2.31. The summed E-state index contributed by atoms with van der Waals surface area (Å²) in [6.45, 7) is 9.62. The molecule has 1 unspecified atom stereocenters. The van der Waals surface area contributed by atoms with Crippen LogP contribution in [0.15, 0.2) is 58.2 Å². The van der Waals surface area contributed by atoms with Crippen molar-refractivity contribution in [3.05, 3.63) is 71.4 Å². The number of carbonyl (C=O) groups is 2. The van der Waals surface area contributed by atoms with Gasteiger partial charge in [0, 0.05) is 36.5 Å². The smallest absolute Gasteiger partial charge is 0.277 e. The average molecular weight is 516 g/mol. The van der Waals surface area contributed by atoms with Crippen molar-refractivity contribution in [3.63, 3.8) is 0 Å². The molecule has 1 saturated heterocycles. The van der Waals surface area contributed by atoms with Crippen LogP contribution in [0.3, 0.4) is 0 Å². The van der Waals surface area contributed by atoms with Crippen molar-refractivity contribution >= 4 is 17.6 Å². The number of aliphatic hydroxyl groups excluding tert-OH is 1. The highest BCUT2D eigenvalue weighted by atomic mass is 16.5. The number of aryl methyl sites for hydroxylation is 2. The molecule has 0 aliphatic carbocycles. The summed E-state index contributed by atoms with van der Waals surface area (Å²) in [5, 5.41) is 17.8. The van der Waals surface area contributed by atoms with Crippen LogP contribution in [0.1, 0.15) is 55.8 Å². The molecule has 198 valence electrons. The van der Waals surface area contributed by atoms with Gasteiger partial charge in [-0.05, 0) is 43.9 Å². The minimum atomic E-state index is -1.08. The fraction of sp³-hybridized carbons (Fsp3) is 0.414. The zero-order valence-corrected chi connectivity index (χ0v) is 22.3. The van der Waals surface area contributed by atoms with E-state index in [1.54, 1.807) is 24.1 Å². The Hall–Kier alpha value is -3.85. The first-order valence-electron chi connectivity index (χ1n) is 12.9. The lowest BCUT2D eigenvalue weighted by atomic mass is 9.90. The van der Waals surface area contributed by atoms with Crippen LogP contribution in [-0.4, -0.2) is 56.5 Å². The predicted octanol–water partition coefficient (Wildman–Crippen LogP) is 3.50. The topological polar surface area (TPSA) is 121 Å². The zero-order chi connectivity index (χ0) is 27.2. The minimum Gasteiger partial charge on any atom is -0.391 e. The summed E-state index contributed by atoms with van der Waals surface area (Å²) in [5.74, 6) is -0.242. The number of likely N-dealkylation sites (tertiary alicyclic amines) is 1. The zero-order valence-electron chi connectivity index (χ0n) is 22.3. The maximum atomic E-state index is 13.8. The molecule has 9 nitrogen and oxygen atoms in total. The summed E-state index contributed by atoms with van der Waals surface area (Å²) >= 11 is 0. The molecular weight excluding hydrogens is 482 g/mol. The van der Waals surface area contributed by atoms with Gasteiger partial charge in [-0.25, -0.2) is 0 Å². The van der Waals surface area contributed by atoms with E-state index < -0.39 is 23.6 Å². The highest BCUT2D eigenvalue weighted by molar-refractivity contribution is 6.09. The number of amidine groups is 1. The summed E-state index contributed by atoms with van der Waals surface area (Å²) < 4.78 is 5.45. The standard InChI is InChI=1S/C29H33N5O4/c1-16(2)25(24-13-17(3)33-38-24)27(36)34-15-21(35)14-23(34)26-31-28(37)29(5,32-26)20-10-8-19(9-11-20)22-7-6-12-30-18(22)4/h6-13,16,21,23,25,35H,14-15H2,1-5H3,(H,31,32,37)/t21?,23-,25-,29-/m0/s1. The van der Waals surface area contributed by atoms with Crippen LogP contribution in [0.5, 0.6) is 0 Å². The van der Waals surface area contributed by atoms with Crippen LogP contribution in [0, 0.1) is 19.8 Å². The molecule has 3 aromatic rings. The van der Waals surface area contributed by atoms with E-state index in [9.17, 15) is 14.7 Å². The van der Waals surface area contributed by atoms with Gasteiger partial charge >= 0.3 is 0 Å².